The molecule has 0 aliphatic carbocycles. The van der Waals surface area contributed by atoms with Crippen LogP contribution in [0, 0.1) is 5.92 Å². The Balaban J connectivity index is 4.22. The van der Waals surface area contributed by atoms with Crippen LogP contribution >= 0.6 is 0 Å². The first kappa shape index (κ1) is 15.4. The minimum atomic E-state index is -3.42. The van der Waals surface area contributed by atoms with Gasteiger partial charge < -0.3 is 11.1 Å². The Morgan fingerprint density at radius 2 is 1.88 bits per heavy atom. The predicted octanol–water partition coefficient (Wildman–Crippen LogP) is -0.0893. The fraction of sp³-hybridized carbons (Fsp3) is 0.900. The van der Waals surface area contributed by atoms with Crippen molar-refractivity contribution < 1.29 is 13.2 Å². The van der Waals surface area contributed by atoms with Crippen LogP contribution in [-0.2, 0) is 14.6 Å². The van der Waals surface area contributed by atoms with Crippen LogP contribution < -0.4 is 11.1 Å². The van der Waals surface area contributed by atoms with Gasteiger partial charge in [0, 0.05) is 12.1 Å². The first-order valence-corrected chi connectivity index (χ1v) is 7.10. The Morgan fingerprint density at radius 1 is 1.38 bits per heavy atom. The van der Waals surface area contributed by atoms with Crippen LogP contribution in [0.3, 0.4) is 0 Å². The molecule has 0 aliphatic rings. The molecule has 3 N–H and O–H groups in total. The molecule has 0 atom stereocenters. The monoisotopic (exact) mass is 250 g/mol. The van der Waals surface area contributed by atoms with Gasteiger partial charge in [0.25, 0.3) is 0 Å². The average Bonchev–Trinajstić information content (AvgIpc) is 1.94. The molecule has 0 saturated heterocycles. The smallest absolute Gasteiger partial charge is 0.235 e. The van der Waals surface area contributed by atoms with Crippen molar-refractivity contribution in [3.05, 3.63) is 0 Å². The lowest BCUT2D eigenvalue weighted by atomic mass is 10.1. The fourth-order valence-electron chi connectivity index (χ4n) is 1.19. The molecule has 0 aliphatic heterocycles. The van der Waals surface area contributed by atoms with Crippen molar-refractivity contribution in [3.8, 4) is 0 Å². The summed E-state index contributed by atoms with van der Waals surface area (Å²) < 4.78 is 23.1. The van der Waals surface area contributed by atoms with Gasteiger partial charge in [0.2, 0.25) is 5.91 Å². The summed E-state index contributed by atoms with van der Waals surface area (Å²) in [4.78, 5) is 11.3. The van der Waals surface area contributed by atoms with Crippen molar-refractivity contribution >= 4 is 15.7 Å². The van der Waals surface area contributed by atoms with Crippen LogP contribution in [0.25, 0.3) is 0 Å². The maximum atomic E-state index is 11.6. The second-order valence-corrected chi connectivity index (χ2v) is 7.28. The molecule has 0 aromatic carbocycles. The van der Waals surface area contributed by atoms with Gasteiger partial charge in [0.05, 0.1) is 5.75 Å². The molecule has 0 heterocycles. The van der Waals surface area contributed by atoms with E-state index in [4.69, 9.17) is 5.73 Å². The summed E-state index contributed by atoms with van der Waals surface area (Å²) in [6.45, 7) is 7.61. The van der Waals surface area contributed by atoms with E-state index in [0.29, 0.717) is 12.5 Å². The van der Waals surface area contributed by atoms with Gasteiger partial charge in [-0.05, 0) is 19.8 Å². The highest BCUT2D eigenvalue weighted by atomic mass is 32.2. The van der Waals surface area contributed by atoms with Crippen LogP contribution in [0.15, 0.2) is 0 Å². The standard InChI is InChI=1S/C10H22N2O3S/c1-8(2)5-12-9(13)6-16(14,15)7-10(3,4)11/h8H,5-7,11H2,1-4H3,(H,12,13). The molecule has 5 nitrogen and oxygen atoms in total. The average molecular weight is 250 g/mol. The van der Waals surface area contributed by atoms with E-state index in [1.54, 1.807) is 13.8 Å². The molecule has 0 fully saturated rings. The zero-order valence-electron chi connectivity index (χ0n) is 10.4. The van der Waals surface area contributed by atoms with E-state index < -0.39 is 27.0 Å². The van der Waals surface area contributed by atoms with E-state index in [2.05, 4.69) is 5.32 Å². The zero-order chi connectivity index (χ0) is 13.0. The number of amides is 1. The zero-order valence-corrected chi connectivity index (χ0v) is 11.2. The molecular weight excluding hydrogens is 228 g/mol. The first-order valence-electron chi connectivity index (χ1n) is 5.28. The van der Waals surface area contributed by atoms with Gasteiger partial charge >= 0.3 is 0 Å². The third-order valence-electron chi connectivity index (χ3n) is 1.65. The number of hydrogen-bond acceptors (Lipinski definition) is 4. The van der Waals surface area contributed by atoms with Crippen molar-refractivity contribution in [2.75, 3.05) is 18.1 Å². The summed E-state index contributed by atoms with van der Waals surface area (Å²) in [5, 5.41) is 2.57. The summed E-state index contributed by atoms with van der Waals surface area (Å²) in [7, 11) is -3.42. The molecule has 0 radical (unpaired) electrons. The van der Waals surface area contributed by atoms with Gasteiger partial charge in [-0.2, -0.15) is 0 Å². The number of carbonyl (C=O) groups excluding carboxylic acids is 1. The van der Waals surface area contributed by atoms with E-state index in [9.17, 15) is 13.2 Å². The highest BCUT2D eigenvalue weighted by molar-refractivity contribution is 7.92. The Labute approximate surface area is 97.7 Å². The van der Waals surface area contributed by atoms with Crippen LogP contribution in [0.5, 0.6) is 0 Å². The van der Waals surface area contributed by atoms with Crippen molar-refractivity contribution in [2.24, 2.45) is 11.7 Å². The van der Waals surface area contributed by atoms with Gasteiger partial charge in [-0.15, -0.1) is 0 Å². The molecule has 0 unspecified atom stereocenters. The van der Waals surface area contributed by atoms with Gasteiger partial charge in [0.1, 0.15) is 5.75 Å². The Morgan fingerprint density at radius 3 is 2.25 bits per heavy atom. The van der Waals surface area contributed by atoms with Crippen molar-refractivity contribution in [3.63, 3.8) is 0 Å². The third-order valence-corrected chi connectivity index (χ3v) is 3.54. The van der Waals surface area contributed by atoms with Gasteiger partial charge in [-0.25, -0.2) is 8.42 Å². The summed E-state index contributed by atoms with van der Waals surface area (Å²) in [6, 6.07) is 0. The number of rotatable bonds is 6. The molecular formula is C10H22N2O3S. The molecule has 0 bridgehead atoms. The topological polar surface area (TPSA) is 89.3 Å². The highest BCUT2D eigenvalue weighted by Crippen LogP contribution is 2.03. The largest absolute Gasteiger partial charge is 0.355 e. The van der Waals surface area contributed by atoms with Crippen LogP contribution in [-0.4, -0.2) is 37.9 Å². The summed E-state index contributed by atoms with van der Waals surface area (Å²) in [6.07, 6.45) is 0. The number of carbonyl (C=O) groups is 1. The van der Waals surface area contributed by atoms with E-state index in [0.717, 1.165) is 0 Å². The summed E-state index contributed by atoms with van der Waals surface area (Å²) in [5.41, 5.74) is 4.80. The highest BCUT2D eigenvalue weighted by Gasteiger charge is 2.24. The first-order chi connectivity index (χ1) is 7.02. The lowest BCUT2D eigenvalue weighted by molar-refractivity contribution is -0.118. The minimum Gasteiger partial charge on any atom is -0.355 e. The molecule has 16 heavy (non-hydrogen) atoms. The molecule has 0 rings (SSSR count). The quantitative estimate of drug-likeness (QED) is 0.689. The number of nitrogens with one attached hydrogen (secondary N) is 1. The Hall–Kier alpha value is -0.620. The van der Waals surface area contributed by atoms with E-state index >= 15 is 0 Å². The SMILES string of the molecule is CC(C)CNC(=O)CS(=O)(=O)CC(C)(C)N. The van der Waals surface area contributed by atoms with Crippen molar-refractivity contribution in [1.82, 2.24) is 5.32 Å². The van der Waals surface area contributed by atoms with Crippen LogP contribution in [0.4, 0.5) is 0 Å². The van der Waals surface area contributed by atoms with Crippen molar-refractivity contribution in [1.29, 1.82) is 0 Å². The van der Waals surface area contributed by atoms with E-state index in [-0.39, 0.29) is 5.75 Å². The molecule has 1 amide bonds. The normalized spacial score (nSPS) is 12.9. The van der Waals surface area contributed by atoms with Crippen LogP contribution in [0.1, 0.15) is 27.7 Å². The molecule has 0 spiro atoms. The molecule has 96 valence electrons. The summed E-state index contributed by atoms with van der Waals surface area (Å²) >= 11 is 0. The number of nitrogens with two attached hydrogens (primary N) is 1. The predicted molar refractivity (Wildman–Crippen MR) is 64.8 cm³/mol. The molecule has 0 saturated carbocycles. The number of sulfone groups is 1. The van der Waals surface area contributed by atoms with Gasteiger partial charge in [0.15, 0.2) is 9.84 Å². The van der Waals surface area contributed by atoms with Gasteiger partial charge in [-0.1, -0.05) is 13.8 Å². The second-order valence-electron chi connectivity index (χ2n) is 5.22. The maximum absolute atomic E-state index is 11.6. The van der Waals surface area contributed by atoms with E-state index in [1.165, 1.54) is 0 Å². The fourth-order valence-corrected chi connectivity index (χ4v) is 2.92. The Bertz CT molecular complexity index is 328. The van der Waals surface area contributed by atoms with Crippen molar-refractivity contribution in [2.45, 2.75) is 33.2 Å². The molecule has 6 heteroatoms. The Kier molecular flexibility index (Phi) is 5.41. The minimum absolute atomic E-state index is 0.185. The molecule has 0 aromatic heterocycles. The van der Waals surface area contributed by atoms with Crippen LogP contribution in [0.2, 0.25) is 0 Å². The third kappa shape index (κ3) is 8.67. The number of hydrogen-bond donors (Lipinski definition) is 2. The van der Waals surface area contributed by atoms with Gasteiger partial charge in [-0.3, -0.25) is 4.79 Å². The lowest BCUT2D eigenvalue weighted by Crippen LogP contribution is -2.43. The molecule has 0 aromatic rings. The van der Waals surface area contributed by atoms with E-state index in [1.807, 2.05) is 13.8 Å². The lowest BCUT2D eigenvalue weighted by Gasteiger charge is -2.18. The maximum Gasteiger partial charge on any atom is 0.235 e. The second kappa shape index (κ2) is 5.63. The summed E-state index contributed by atoms with van der Waals surface area (Å²) in [5.74, 6) is -0.828.